The number of carbonyl (C=O) groups excluding carboxylic acids is 1. The summed E-state index contributed by atoms with van der Waals surface area (Å²) in [5.41, 5.74) is 1.60. The van der Waals surface area contributed by atoms with Crippen LogP contribution in [-0.4, -0.2) is 33.9 Å². The van der Waals surface area contributed by atoms with Crippen molar-refractivity contribution in [1.82, 2.24) is 15.1 Å². The zero-order valence-corrected chi connectivity index (χ0v) is 12.0. The van der Waals surface area contributed by atoms with Crippen molar-refractivity contribution in [2.75, 3.05) is 13.2 Å². The minimum absolute atomic E-state index is 0.0452. The van der Waals surface area contributed by atoms with E-state index in [0.717, 1.165) is 37.8 Å². The Morgan fingerprint density at radius 3 is 2.68 bits per heavy atom. The number of nitrogens with one attached hydrogen (secondary N) is 1. The van der Waals surface area contributed by atoms with Crippen molar-refractivity contribution in [3.63, 3.8) is 0 Å². The van der Waals surface area contributed by atoms with Crippen molar-refractivity contribution in [2.24, 2.45) is 0 Å². The van der Waals surface area contributed by atoms with Crippen LogP contribution in [0.1, 0.15) is 55.7 Å². The van der Waals surface area contributed by atoms with Crippen molar-refractivity contribution < 1.29 is 9.90 Å². The van der Waals surface area contributed by atoms with Crippen LogP contribution in [0.15, 0.2) is 6.07 Å². The molecule has 1 amide bonds. The minimum atomic E-state index is -0.0452. The maximum absolute atomic E-state index is 12.0. The molecule has 19 heavy (non-hydrogen) atoms. The van der Waals surface area contributed by atoms with Gasteiger partial charge in [0.2, 0.25) is 0 Å². The zero-order chi connectivity index (χ0) is 14.1. The summed E-state index contributed by atoms with van der Waals surface area (Å²) >= 11 is 0. The van der Waals surface area contributed by atoms with Crippen molar-refractivity contribution in [2.45, 2.75) is 52.5 Å². The Morgan fingerprint density at radius 2 is 2.05 bits per heavy atom. The van der Waals surface area contributed by atoms with Crippen molar-refractivity contribution in [3.05, 3.63) is 17.5 Å². The van der Waals surface area contributed by atoms with Gasteiger partial charge in [-0.05, 0) is 32.3 Å². The third kappa shape index (κ3) is 5.03. The van der Waals surface area contributed by atoms with Gasteiger partial charge in [-0.2, -0.15) is 5.10 Å². The minimum Gasteiger partial charge on any atom is -0.396 e. The van der Waals surface area contributed by atoms with Gasteiger partial charge in [-0.3, -0.25) is 9.48 Å². The van der Waals surface area contributed by atoms with Gasteiger partial charge in [-0.15, -0.1) is 0 Å². The molecule has 1 aromatic rings. The summed E-state index contributed by atoms with van der Waals surface area (Å²) < 4.78 is 1.75. The molecule has 0 saturated carbocycles. The molecule has 0 atom stereocenters. The number of aliphatic hydroxyl groups excluding tert-OH is 1. The predicted octanol–water partition coefficient (Wildman–Crippen LogP) is 1.75. The molecule has 0 radical (unpaired) electrons. The topological polar surface area (TPSA) is 67.2 Å². The summed E-state index contributed by atoms with van der Waals surface area (Å²) in [6, 6.07) is 1.87. The van der Waals surface area contributed by atoms with Gasteiger partial charge in [0.15, 0.2) is 0 Å². The van der Waals surface area contributed by atoms with Gasteiger partial charge < -0.3 is 10.4 Å². The van der Waals surface area contributed by atoms with Crippen molar-refractivity contribution in [3.8, 4) is 0 Å². The van der Waals surface area contributed by atoms with Crippen LogP contribution in [0.2, 0.25) is 0 Å². The zero-order valence-electron chi connectivity index (χ0n) is 12.0. The molecular weight excluding hydrogens is 242 g/mol. The van der Waals surface area contributed by atoms with Crippen LogP contribution < -0.4 is 5.32 Å². The third-order valence-corrected chi connectivity index (χ3v) is 3.10. The highest BCUT2D eigenvalue weighted by molar-refractivity contribution is 5.92. The highest BCUT2D eigenvalue weighted by Crippen LogP contribution is 2.06. The number of hydrogen-bond acceptors (Lipinski definition) is 3. The molecule has 0 spiro atoms. The third-order valence-electron chi connectivity index (χ3n) is 3.10. The fourth-order valence-corrected chi connectivity index (χ4v) is 1.95. The van der Waals surface area contributed by atoms with E-state index in [1.807, 2.05) is 19.9 Å². The molecule has 0 saturated heterocycles. The molecule has 0 aromatic carbocycles. The van der Waals surface area contributed by atoms with Crippen LogP contribution in [0.3, 0.4) is 0 Å². The molecule has 0 bridgehead atoms. The highest BCUT2D eigenvalue weighted by Gasteiger charge is 2.12. The maximum atomic E-state index is 12.0. The number of aryl methyl sites for hydroxylation is 2. The van der Waals surface area contributed by atoms with Gasteiger partial charge in [0.05, 0.1) is 5.69 Å². The smallest absolute Gasteiger partial charge is 0.269 e. The van der Waals surface area contributed by atoms with Gasteiger partial charge in [0, 0.05) is 19.7 Å². The van der Waals surface area contributed by atoms with E-state index in [0.29, 0.717) is 18.8 Å². The first kappa shape index (κ1) is 15.7. The Morgan fingerprint density at radius 1 is 1.32 bits per heavy atom. The lowest BCUT2D eigenvalue weighted by Crippen LogP contribution is -2.27. The van der Waals surface area contributed by atoms with E-state index in [4.69, 9.17) is 5.11 Å². The summed E-state index contributed by atoms with van der Waals surface area (Å²) in [4.78, 5) is 12.0. The first-order chi connectivity index (χ1) is 9.22. The molecule has 0 fully saturated rings. The number of unbranched alkanes of at least 4 members (excludes halogenated alkanes) is 3. The number of amides is 1. The molecule has 1 heterocycles. The Labute approximate surface area is 115 Å². The first-order valence-corrected chi connectivity index (χ1v) is 7.18. The Bertz CT molecular complexity index is 388. The maximum Gasteiger partial charge on any atom is 0.269 e. The average molecular weight is 267 g/mol. The Kier molecular flexibility index (Phi) is 7.18. The van der Waals surface area contributed by atoms with Crippen LogP contribution >= 0.6 is 0 Å². The predicted molar refractivity (Wildman–Crippen MR) is 75.2 cm³/mol. The summed E-state index contributed by atoms with van der Waals surface area (Å²) in [5, 5.41) is 16.0. The van der Waals surface area contributed by atoms with Gasteiger partial charge in [-0.25, -0.2) is 0 Å². The lowest BCUT2D eigenvalue weighted by atomic mass is 10.2. The second-order valence-electron chi connectivity index (χ2n) is 4.58. The lowest BCUT2D eigenvalue weighted by Gasteiger charge is -2.06. The average Bonchev–Trinajstić information content (AvgIpc) is 2.86. The van der Waals surface area contributed by atoms with Gasteiger partial charge in [-0.1, -0.05) is 19.8 Å². The number of carbonyl (C=O) groups is 1. The standard InChI is InChI=1S/C14H25N3O2/c1-3-12-11-13(17(4-2)16-12)14(19)15-9-7-5-6-8-10-18/h11,18H,3-10H2,1-2H3,(H,15,19). The molecule has 0 aliphatic heterocycles. The fourth-order valence-electron chi connectivity index (χ4n) is 1.95. The lowest BCUT2D eigenvalue weighted by molar-refractivity contribution is 0.0942. The van der Waals surface area contributed by atoms with Crippen molar-refractivity contribution >= 4 is 5.91 Å². The van der Waals surface area contributed by atoms with Crippen LogP contribution in [0.25, 0.3) is 0 Å². The van der Waals surface area contributed by atoms with Gasteiger partial charge in [0.1, 0.15) is 5.69 Å². The molecule has 5 nitrogen and oxygen atoms in total. The molecule has 0 unspecified atom stereocenters. The first-order valence-electron chi connectivity index (χ1n) is 7.18. The highest BCUT2D eigenvalue weighted by atomic mass is 16.2. The van der Waals surface area contributed by atoms with Crippen LogP contribution in [0.5, 0.6) is 0 Å². The number of nitrogens with zero attached hydrogens (tertiary/aromatic N) is 2. The van der Waals surface area contributed by atoms with E-state index in [1.54, 1.807) is 4.68 Å². The summed E-state index contributed by atoms with van der Waals surface area (Å²) in [5.74, 6) is -0.0452. The molecule has 1 rings (SSSR count). The van der Waals surface area contributed by atoms with E-state index in [2.05, 4.69) is 10.4 Å². The molecular formula is C14H25N3O2. The van der Waals surface area contributed by atoms with E-state index in [1.165, 1.54) is 0 Å². The molecule has 0 aliphatic rings. The normalized spacial score (nSPS) is 10.7. The Hall–Kier alpha value is -1.36. The van der Waals surface area contributed by atoms with Crippen LogP contribution in [0, 0.1) is 0 Å². The SMILES string of the molecule is CCc1cc(C(=O)NCCCCCCO)n(CC)n1. The summed E-state index contributed by atoms with van der Waals surface area (Å²) in [6.07, 6.45) is 4.69. The van der Waals surface area contributed by atoms with Crippen LogP contribution in [-0.2, 0) is 13.0 Å². The van der Waals surface area contributed by atoms with E-state index < -0.39 is 0 Å². The van der Waals surface area contributed by atoms with Crippen LogP contribution in [0.4, 0.5) is 0 Å². The molecule has 2 N–H and O–H groups in total. The molecule has 1 aromatic heterocycles. The second kappa shape index (κ2) is 8.69. The van der Waals surface area contributed by atoms with E-state index in [9.17, 15) is 4.79 Å². The largest absolute Gasteiger partial charge is 0.396 e. The number of hydrogen-bond donors (Lipinski definition) is 2. The molecule has 108 valence electrons. The summed E-state index contributed by atoms with van der Waals surface area (Å²) in [7, 11) is 0. The fraction of sp³-hybridized carbons (Fsp3) is 0.714. The number of rotatable bonds is 9. The Balaban J connectivity index is 2.38. The van der Waals surface area contributed by atoms with E-state index >= 15 is 0 Å². The second-order valence-corrected chi connectivity index (χ2v) is 4.58. The van der Waals surface area contributed by atoms with Gasteiger partial charge in [0.25, 0.3) is 5.91 Å². The van der Waals surface area contributed by atoms with E-state index in [-0.39, 0.29) is 12.5 Å². The number of aromatic nitrogens is 2. The van der Waals surface area contributed by atoms with Gasteiger partial charge >= 0.3 is 0 Å². The monoisotopic (exact) mass is 267 g/mol. The number of aliphatic hydroxyl groups is 1. The summed E-state index contributed by atoms with van der Waals surface area (Å²) in [6.45, 7) is 5.66. The molecule has 0 aliphatic carbocycles. The quantitative estimate of drug-likeness (QED) is 0.670. The van der Waals surface area contributed by atoms with Crippen molar-refractivity contribution in [1.29, 1.82) is 0 Å². The molecule has 5 heteroatoms.